The summed E-state index contributed by atoms with van der Waals surface area (Å²) in [5, 5.41) is 17.3. The van der Waals surface area contributed by atoms with Gasteiger partial charge >= 0.3 is 0 Å². The molecule has 1 atom stereocenters. The molecule has 1 aliphatic carbocycles. The third-order valence-electron chi connectivity index (χ3n) is 5.81. The molecule has 3 N–H and O–H groups in total. The molecule has 158 valence electrons. The van der Waals surface area contributed by atoms with E-state index in [9.17, 15) is 5.26 Å². The predicted molar refractivity (Wildman–Crippen MR) is 112 cm³/mol. The van der Waals surface area contributed by atoms with Gasteiger partial charge in [-0.25, -0.2) is 0 Å². The first-order valence-electron chi connectivity index (χ1n) is 10.3. The van der Waals surface area contributed by atoms with Crippen LogP contribution >= 0.6 is 0 Å². The predicted octanol–water partition coefficient (Wildman–Crippen LogP) is 4.26. The highest BCUT2D eigenvalue weighted by molar-refractivity contribution is 5.58. The lowest BCUT2D eigenvalue weighted by Crippen LogP contribution is -2.24. The number of nitrogens with one attached hydrogen (secondary N) is 1. The van der Waals surface area contributed by atoms with E-state index in [0.29, 0.717) is 17.2 Å². The van der Waals surface area contributed by atoms with Gasteiger partial charge in [0.1, 0.15) is 11.6 Å². The van der Waals surface area contributed by atoms with Crippen LogP contribution in [0.15, 0.2) is 29.7 Å². The van der Waals surface area contributed by atoms with Gasteiger partial charge in [0, 0.05) is 11.1 Å². The molecule has 0 amide bonds. The van der Waals surface area contributed by atoms with Gasteiger partial charge in [0.2, 0.25) is 11.8 Å². The summed E-state index contributed by atoms with van der Waals surface area (Å²) < 4.78 is 17.5. The standard InChI is InChI=1S/C23H28N4O3/c1-23(2,3)20-19-18(15(12-24)21(25)30-22(19)27-26-20)13-9-10-16(17(11-13)28-4)29-14-7-5-6-8-14/h9-11,14,18H,5-8,25H2,1-4H3,(H,26,27)/t18-/m1/s1. The van der Waals surface area contributed by atoms with E-state index < -0.39 is 5.92 Å². The van der Waals surface area contributed by atoms with Crippen LogP contribution in [0.25, 0.3) is 0 Å². The summed E-state index contributed by atoms with van der Waals surface area (Å²) in [6, 6.07) is 8.05. The van der Waals surface area contributed by atoms with Crippen LogP contribution in [-0.2, 0) is 5.41 Å². The third-order valence-corrected chi connectivity index (χ3v) is 5.81. The Morgan fingerprint density at radius 3 is 2.60 bits per heavy atom. The van der Waals surface area contributed by atoms with E-state index in [2.05, 4.69) is 37.0 Å². The Bertz CT molecular complexity index is 1020. The minimum atomic E-state index is -0.402. The Balaban J connectivity index is 1.80. The number of hydrogen-bond acceptors (Lipinski definition) is 6. The van der Waals surface area contributed by atoms with Crippen LogP contribution in [0, 0.1) is 11.3 Å². The molecule has 0 bridgehead atoms. The Hall–Kier alpha value is -3.14. The number of fused-ring (bicyclic) bond motifs is 1. The summed E-state index contributed by atoms with van der Waals surface area (Å²) in [7, 11) is 1.63. The smallest absolute Gasteiger partial charge is 0.244 e. The van der Waals surface area contributed by atoms with Crippen molar-refractivity contribution < 1.29 is 14.2 Å². The number of nitriles is 1. The number of methoxy groups -OCH3 is 1. The maximum absolute atomic E-state index is 9.87. The highest BCUT2D eigenvalue weighted by Crippen LogP contribution is 2.47. The SMILES string of the molecule is COc1cc([C@@H]2C(C#N)=C(N)Oc3n[nH]c(C(C)(C)C)c32)ccc1OC1CCCC1. The van der Waals surface area contributed by atoms with Crippen molar-refractivity contribution in [1.29, 1.82) is 5.26 Å². The van der Waals surface area contributed by atoms with Crippen LogP contribution in [0.4, 0.5) is 0 Å². The molecule has 1 saturated carbocycles. The van der Waals surface area contributed by atoms with Crippen molar-refractivity contribution in [2.45, 2.75) is 63.9 Å². The van der Waals surface area contributed by atoms with E-state index in [0.717, 1.165) is 35.4 Å². The summed E-state index contributed by atoms with van der Waals surface area (Å²) in [5.74, 6) is 1.45. The Morgan fingerprint density at radius 1 is 1.23 bits per heavy atom. The number of ether oxygens (including phenoxy) is 3. The first-order valence-corrected chi connectivity index (χ1v) is 10.3. The quantitative estimate of drug-likeness (QED) is 0.783. The number of allylic oxidation sites excluding steroid dienone is 1. The summed E-state index contributed by atoms with van der Waals surface area (Å²) >= 11 is 0. The van der Waals surface area contributed by atoms with Crippen molar-refractivity contribution in [3.63, 3.8) is 0 Å². The average molecular weight is 409 g/mol. The Kier molecular flexibility index (Phi) is 5.10. The molecule has 7 nitrogen and oxygen atoms in total. The first-order chi connectivity index (χ1) is 14.3. The van der Waals surface area contributed by atoms with E-state index in [1.165, 1.54) is 12.8 Å². The third kappa shape index (κ3) is 3.47. The zero-order chi connectivity index (χ0) is 21.5. The molecular formula is C23H28N4O3. The summed E-state index contributed by atoms with van der Waals surface area (Å²) in [4.78, 5) is 0. The second kappa shape index (κ2) is 7.60. The number of hydrogen-bond donors (Lipinski definition) is 2. The number of H-pyrrole nitrogens is 1. The van der Waals surface area contributed by atoms with Gasteiger partial charge in [0.25, 0.3) is 0 Å². The molecule has 0 radical (unpaired) electrons. The minimum Gasteiger partial charge on any atom is -0.493 e. The Labute approximate surface area is 176 Å². The molecule has 4 rings (SSSR count). The molecule has 2 heterocycles. The Morgan fingerprint density at radius 2 is 1.97 bits per heavy atom. The highest BCUT2D eigenvalue weighted by Gasteiger charge is 2.38. The number of aromatic nitrogens is 2. The topological polar surface area (TPSA) is 106 Å². The molecule has 7 heteroatoms. The lowest BCUT2D eigenvalue weighted by atomic mass is 9.79. The van der Waals surface area contributed by atoms with Crippen LogP contribution in [-0.4, -0.2) is 23.4 Å². The molecule has 0 unspecified atom stereocenters. The van der Waals surface area contributed by atoms with E-state index in [4.69, 9.17) is 19.9 Å². The molecule has 1 fully saturated rings. The normalized spacial score (nSPS) is 19.2. The minimum absolute atomic E-state index is 0.0761. The van der Waals surface area contributed by atoms with Gasteiger partial charge in [-0.2, -0.15) is 5.26 Å². The van der Waals surface area contributed by atoms with Crippen LogP contribution in [0.5, 0.6) is 17.4 Å². The van der Waals surface area contributed by atoms with Crippen molar-refractivity contribution in [1.82, 2.24) is 10.2 Å². The maximum Gasteiger partial charge on any atom is 0.244 e. The fraction of sp³-hybridized carbons (Fsp3) is 0.478. The van der Waals surface area contributed by atoms with Crippen molar-refractivity contribution in [3.8, 4) is 23.4 Å². The molecular weight excluding hydrogens is 380 g/mol. The molecule has 0 spiro atoms. The van der Waals surface area contributed by atoms with Gasteiger partial charge in [0.05, 0.1) is 24.7 Å². The molecule has 2 aromatic rings. The van der Waals surface area contributed by atoms with Gasteiger partial charge < -0.3 is 19.9 Å². The monoisotopic (exact) mass is 408 g/mol. The lowest BCUT2D eigenvalue weighted by Gasteiger charge is -2.28. The van der Waals surface area contributed by atoms with E-state index in [1.807, 2.05) is 18.2 Å². The molecule has 1 aromatic carbocycles. The van der Waals surface area contributed by atoms with Crippen LogP contribution in [0.3, 0.4) is 0 Å². The summed E-state index contributed by atoms with van der Waals surface area (Å²) in [5.41, 5.74) is 8.85. The zero-order valence-corrected chi connectivity index (χ0v) is 17.9. The molecule has 2 aliphatic rings. The van der Waals surface area contributed by atoms with Crippen molar-refractivity contribution in [2.75, 3.05) is 7.11 Å². The van der Waals surface area contributed by atoms with E-state index in [1.54, 1.807) is 7.11 Å². The van der Waals surface area contributed by atoms with Crippen LogP contribution < -0.4 is 19.9 Å². The number of nitrogens with zero attached hydrogens (tertiary/aromatic N) is 2. The van der Waals surface area contributed by atoms with Gasteiger partial charge in [-0.15, -0.1) is 5.10 Å². The van der Waals surface area contributed by atoms with Crippen molar-refractivity contribution >= 4 is 0 Å². The van der Waals surface area contributed by atoms with Crippen LogP contribution in [0.2, 0.25) is 0 Å². The van der Waals surface area contributed by atoms with E-state index >= 15 is 0 Å². The van der Waals surface area contributed by atoms with Gasteiger partial charge in [-0.3, -0.25) is 5.10 Å². The van der Waals surface area contributed by atoms with Gasteiger partial charge in [-0.1, -0.05) is 26.8 Å². The highest BCUT2D eigenvalue weighted by atomic mass is 16.5. The largest absolute Gasteiger partial charge is 0.493 e. The second-order valence-corrected chi connectivity index (χ2v) is 8.93. The second-order valence-electron chi connectivity index (χ2n) is 8.93. The van der Waals surface area contributed by atoms with Crippen molar-refractivity contribution in [3.05, 3.63) is 46.5 Å². The molecule has 1 aromatic heterocycles. The number of benzene rings is 1. The molecule has 30 heavy (non-hydrogen) atoms. The van der Waals surface area contributed by atoms with Gasteiger partial charge in [-0.05, 0) is 43.4 Å². The van der Waals surface area contributed by atoms with E-state index in [-0.39, 0.29) is 17.4 Å². The van der Waals surface area contributed by atoms with Crippen molar-refractivity contribution in [2.24, 2.45) is 5.73 Å². The van der Waals surface area contributed by atoms with Crippen LogP contribution in [0.1, 0.15) is 69.2 Å². The fourth-order valence-corrected chi connectivity index (χ4v) is 4.30. The first kappa shape index (κ1) is 20.1. The lowest BCUT2D eigenvalue weighted by molar-refractivity contribution is 0.200. The maximum atomic E-state index is 9.87. The number of rotatable bonds is 4. The molecule has 0 saturated heterocycles. The molecule has 1 aliphatic heterocycles. The summed E-state index contributed by atoms with van der Waals surface area (Å²) in [6.45, 7) is 6.26. The summed E-state index contributed by atoms with van der Waals surface area (Å²) in [6.07, 6.45) is 4.75. The number of aromatic amines is 1. The van der Waals surface area contributed by atoms with Gasteiger partial charge in [0.15, 0.2) is 11.5 Å². The fourth-order valence-electron chi connectivity index (χ4n) is 4.30. The zero-order valence-electron chi connectivity index (χ0n) is 17.9. The average Bonchev–Trinajstić information content (AvgIpc) is 3.36. The number of nitrogens with two attached hydrogens (primary N) is 1.